The number of nitrogens with zero attached hydrogens (tertiary/aromatic N) is 2. The van der Waals surface area contributed by atoms with Crippen molar-refractivity contribution in [2.45, 2.75) is 24.8 Å². The molecule has 0 spiro atoms. The summed E-state index contributed by atoms with van der Waals surface area (Å²) in [6.45, 7) is 2.25. The molecule has 88 valence electrons. The molecule has 0 saturated carbocycles. The van der Waals surface area contributed by atoms with Gasteiger partial charge in [0, 0.05) is 17.9 Å². The summed E-state index contributed by atoms with van der Waals surface area (Å²) in [5, 5.41) is 3.44. The second kappa shape index (κ2) is 4.93. The molecule has 3 nitrogen and oxygen atoms in total. The van der Waals surface area contributed by atoms with Gasteiger partial charge in [0.15, 0.2) is 0 Å². The van der Waals surface area contributed by atoms with Crippen molar-refractivity contribution in [3.05, 3.63) is 30.1 Å². The highest BCUT2D eigenvalue weighted by atomic mass is 15.2. The highest BCUT2D eigenvalue weighted by Gasteiger charge is 2.34. The van der Waals surface area contributed by atoms with E-state index >= 15 is 0 Å². The highest BCUT2D eigenvalue weighted by Crippen LogP contribution is 2.28. The van der Waals surface area contributed by atoms with Gasteiger partial charge in [0.05, 0.1) is 0 Å². The molecule has 1 N–H and O–H groups in total. The first-order valence-corrected chi connectivity index (χ1v) is 6.00. The zero-order valence-corrected chi connectivity index (χ0v) is 10.2. The molecule has 1 fully saturated rings. The predicted molar refractivity (Wildman–Crippen MR) is 66.5 cm³/mol. The third kappa shape index (κ3) is 2.42. The topological polar surface area (TPSA) is 28.2 Å². The quantitative estimate of drug-likeness (QED) is 0.831. The summed E-state index contributed by atoms with van der Waals surface area (Å²) in [7, 11) is 4.39. The van der Waals surface area contributed by atoms with E-state index in [0.29, 0.717) is 5.54 Å². The van der Waals surface area contributed by atoms with Crippen LogP contribution in [-0.2, 0) is 6.42 Å². The van der Waals surface area contributed by atoms with Crippen LogP contribution in [0, 0.1) is 0 Å². The Balaban J connectivity index is 2.14. The van der Waals surface area contributed by atoms with Gasteiger partial charge in [-0.15, -0.1) is 0 Å². The fraction of sp³-hybridized carbons (Fsp3) is 0.615. The summed E-state index contributed by atoms with van der Waals surface area (Å²) < 4.78 is 0. The molecule has 1 aromatic rings. The largest absolute Gasteiger partial charge is 0.317 e. The fourth-order valence-corrected chi connectivity index (χ4v) is 2.56. The van der Waals surface area contributed by atoms with Crippen LogP contribution >= 0.6 is 0 Å². The lowest BCUT2D eigenvalue weighted by Gasteiger charge is -2.43. The number of rotatable bonds is 3. The van der Waals surface area contributed by atoms with Gasteiger partial charge >= 0.3 is 0 Å². The SMILES string of the molecule is CN(C)C1(Cc2cccnc2)CCNCC1. The first kappa shape index (κ1) is 11.6. The van der Waals surface area contributed by atoms with Crippen molar-refractivity contribution in [3.8, 4) is 0 Å². The Labute approximate surface area is 97.9 Å². The number of hydrogen-bond acceptors (Lipinski definition) is 3. The molecule has 1 aromatic heterocycles. The van der Waals surface area contributed by atoms with Gasteiger partial charge in [0.25, 0.3) is 0 Å². The van der Waals surface area contributed by atoms with E-state index in [2.05, 4.69) is 35.4 Å². The van der Waals surface area contributed by atoms with Gasteiger partial charge in [-0.2, -0.15) is 0 Å². The molecule has 3 heteroatoms. The normalized spacial score (nSPS) is 19.9. The maximum Gasteiger partial charge on any atom is 0.0300 e. The van der Waals surface area contributed by atoms with Crippen molar-refractivity contribution >= 4 is 0 Å². The van der Waals surface area contributed by atoms with E-state index < -0.39 is 0 Å². The number of nitrogens with one attached hydrogen (secondary N) is 1. The molecular formula is C13H21N3. The predicted octanol–water partition coefficient (Wildman–Crippen LogP) is 1.31. The first-order chi connectivity index (χ1) is 7.73. The van der Waals surface area contributed by atoms with Crippen molar-refractivity contribution in [3.63, 3.8) is 0 Å². The second-order valence-corrected chi connectivity index (χ2v) is 4.91. The zero-order valence-electron chi connectivity index (χ0n) is 10.2. The Bertz CT molecular complexity index is 315. The van der Waals surface area contributed by atoms with Gasteiger partial charge in [-0.3, -0.25) is 4.98 Å². The molecule has 0 aromatic carbocycles. The molecule has 2 rings (SSSR count). The molecule has 1 aliphatic heterocycles. The van der Waals surface area contributed by atoms with Crippen molar-refractivity contribution in [1.82, 2.24) is 15.2 Å². The smallest absolute Gasteiger partial charge is 0.0300 e. The summed E-state index contributed by atoms with van der Waals surface area (Å²) in [6.07, 6.45) is 7.38. The van der Waals surface area contributed by atoms with E-state index in [1.165, 1.54) is 18.4 Å². The van der Waals surface area contributed by atoms with Gasteiger partial charge in [0.2, 0.25) is 0 Å². The van der Waals surface area contributed by atoms with Gasteiger partial charge in [-0.1, -0.05) is 6.07 Å². The van der Waals surface area contributed by atoms with E-state index in [1.807, 2.05) is 18.5 Å². The number of piperidine rings is 1. The first-order valence-electron chi connectivity index (χ1n) is 6.00. The minimum atomic E-state index is 0.314. The Morgan fingerprint density at radius 2 is 2.12 bits per heavy atom. The van der Waals surface area contributed by atoms with Crippen LogP contribution in [0.3, 0.4) is 0 Å². The molecule has 0 bridgehead atoms. The molecular weight excluding hydrogens is 198 g/mol. The van der Waals surface area contributed by atoms with Gasteiger partial charge in [-0.05, 0) is 58.1 Å². The lowest BCUT2D eigenvalue weighted by molar-refractivity contribution is 0.108. The molecule has 1 aliphatic rings. The number of hydrogen-bond donors (Lipinski definition) is 1. The van der Waals surface area contributed by atoms with Crippen LogP contribution in [0.25, 0.3) is 0 Å². The molecule has 2 heterocycles. The van der Waals surface area contributed by atoms with E-state index in [1.54, 1.807) is 0 Å². The maximum absolute atomic E-state index is 4.21. The summed E-state index contributed by atoms with van der Waals surface area (Å²) in [6, 6.07) is 4.21. The third-order valence-corrected chi connectivity index (χ3v) is 3.74. The Morgan fingerprint density at radius 3 is 2.69 bits per heavy atom. The molecule has 0 amide bonds. The van der Waals surface area contributed by atoms with Crippen molar-refractivity contribution < 1.29 is 0 Å². The molecule has 0 aliphatic carbocycles. The standard InChI is InChI=1S/C13H21N3/c1-16(2)13(5-8-14-9-6-13)10-12-4-3-7-15-11-12/h3-4,7,11,14H,5-6,8-10H2,1-2H3. The third-order valence-electron chi connectivity index (χ3n) is 3.74. The van der Waals surface area contributed by atoms with Gasteiger partial charge in [-0.25, -0.2) is 0 Å². The van der Waals surface area contributed by atoms with Crippen LogP contribution in [0.2, 0.25) is 0 Å². The van der Waals surface area contributed by atoms with Crippen LogP contribution < -0.4 is 5.32 Å². The number of pyridine rings is 1. The molecule has 0 atom stereocenters. The minimum Gasteiger partial charge on any atom is -0.317 e. The number of aromatic nitrogens is 1. The van der Waals surface area contributed by atoms with Crippen LogP contribution in [0.15, 0.2) is 24.5 Å². The van der Waals surface area contributed by atoms with E-state index in [0.717, 1.165) is 19.5 Å². The summed E-state index contributed by atoms with van der Waals surface area (Å²) in [5.41, 5.74) is 1.66. The van der Waals surface area contributed by atoms with E-state index in [9.17, 15) is 0 Å². The van der Waals surface area contributed by atoms with Crippen LogP contribution in [0.1, 0.15) is 18.4 Å². The van der Waals surface area contributed by atoms with Crippen LogP contribution in [0.4, 0.5) is 0 Å². The highest BCUT2D eigenvalue weighted by molar-refractivity contribution is 5.14. The average Bonchev–Trinajstić information content (AvgIpc) is 2.31. The van der Waals surface area contributed by atoms with Crippen molar-refractivity contribution in [1.29, 1.82) is 0 Å². The summed E-state index contributed by atoms with van der Waals surface area (Å²) in [5.74, 6) is 0. The van der Waals surface area contributed by atoms with Gasteiger partial charge in [0.1, 0.15) is 0 Å². The van der Waals surface area contributed by atoms with Crippen molar-refractivity contribution in [2.24, 2.45) is 0 Å². The summed E-state index contributed by atoms with van der Waals surface area (Å²) in [4.78, 5) is 6.60. The molecule has 0 unspecified atom stereocenters. The lowest BCUT2D eigenvalue weighted by Crippen LogP contribution is -2.53. The Morgan fingerprint density at radius 1 is 1.38 bits per heavy atom. The fourth-order valence-electron chi connectivity index (χ4n) is 2.56. The van der Waals surface area contributed by atoms with E-state index in [4.69, 9.17) is 0 Å². The summed E-state index contributed by atoms with van der Waals surface area (Å²) >= 11 is 0. The molecule has 1 saturated heterocycles. The van der Waals surface area contributed by atoms with Gasteiger partial charge < -0.3 is 10.2 Å². The maximum atomic E-state index is 4.21. The zero-order chi connectivity index (χ0) is 11.4. The minimum absolute atomic E-state index is 0.314. The average molecular weight is 219 g/mol. The van der Waals surface area contributed by atoms with Crippen LogP contribution in [-0.4, -0.2) is 42.6 Å². The molecule has 0 radical (unpaired) electrons. The Hall–Kier alpha value is -0.930. The lowest BCUT2D eigenvalue weighted by atomic mass is 9.82. The van der Waals surface area contributed by atoms with E-state index in [-0.39, 0.29) is 0 Å². The Kier molecular flexibility index (Phi) is 3.56. The molecule has 16 heavy (non-hydrogen) atoms. The number of likely N-dealkylation sites (N-methyl/N-ethyl adjacent to an activating group) is 1. The second-order valence-electron chi connectivity index (χ2n) is 4.91. The van der Waals surface area contributed by atoms with Crippen LogP contribution in [0.5, 0.6) is 0 Å². The van der Waals surface area contributed by atoms with Crippen molar-refractivity contribution in [2.75, 3.05) is 27.2 Å². The monoisotopic (exact) mass is 219 g/mol.